The minimum Gasteiger partial charge on any atom is -0.369 e. The van der Waals surface area contributed by atoms with Crippen LogP contribution in [0.15, 0.2) is 53.5 Å². The van der Waals surface area contributed by atoms with Crippen LogP contribution in [0.1, 0.15) is 28.8 Å². The van der Waals surface area contributed by atoms with Gasteiger partial charge in [0.2, 0.25) is 0 Å². The summed E-state index contributed by atoms with van der Waals surface area (Å²) in [5.74, 6) is 0.556. The number of aliphatic imine (C=N–C) groups is 1. The molecule has 0 saturated carbocycles. The number of hydrogen-bond donors (Lipinski definition) is 2. The number of halogens is 1. The Bertz CT molecular complexity index is 914. The first kappa shape index (κ1) is 22.6. The summed E-state index contributed by atoms with van der Waals surface area (Å²) in [6, 6.07) is 14.7. The zero-order valence-corrected chi connectivity index (χ0v) is 18.6. The van der Waals surface area contributed by atoms with Gasteiger partial charge in [0.15, 0.2) is 5.96 Å². The van der Waals surface area contributed by atoms with Crippen molar-refractivity contribution in [3.63, 3.8) is 0 Å². The Morgan fingerprint density at radius 2 is 2.03 bits per heavy atom. The Kier molecular flexibility index (Phi) is 7.87. The first-order chi connectivity index (χ1) is 15.0. The predicted octanol–water partition coefficient (Wildman–Crippen LogP) is 2.90. The average Bonchev–Trinajstić information content (AvgIpc) is 2.78. The van der Waals surface area contributed by atoms with Crippen molar-refractivity contribution in [2.24, 2.45) is 4.99 Å². The van der Waals surface area contributed by atoms with Gasteiger partial charge in [-0.1, -0.05) is 18.2 Å². The molecule has 31 heavy (non-hydrogen) atoms. The van der Waals surface area contributed by atoms with Gasteiger partial charge < -0.3 is 20.4 Å². The molecule has 3 rings (SSSR count). The third-order valence-corrected chi connectivity index (χ3v) is 5.45. The second-order valence-electron chi connectivity index (χ2n) is 8.06. The number of anilines is 1. The van der Waals surface area contributed by atoms with E-state index in [0.717, 1.165) is 49.6 Å². The number of amides is 1. The van der Waals surface area contributed by atoms with Crippen LogP contribution in [0, 0.1) is 5.82 Å². The van der Waals surface area contributed by atoms with Gasteiger partial charge in [-0.2, -0.15) is 0 Å². The van der Waals surface area contributed by atoms with Gasteiger partial charge in [0.25, 0.3) is 5.91 Å². The van der Waals surface area contributed by atoms with Crippen LogP contribution in [0.5, 0.6) is 0 Å². The number of carbonyl (C=O) groups is 1. The smallest absolute Gasteiger partial charge is 0.253 e. The van der Waals surface area contributed by atoms with E-state index in [1.165, 1.54) is 6.07 Å². The van der Waals surface area contributed by atoms with Gasteiger partial charge in [0, 0.05) is 58.1 Å². The van der Waals surface area contributed by atoms with Gasteiger partial charge in [-0.15, -0.1) is 0 Å². The normalized spacial score (nSPS) is 16.7. The van der Waals surface area contributed by atoms with Gasteiger partial charge in [-0.05, 0) is 55.2 Å². The lowest BCUT2D eigenvalue weighted by Crippen LogP contribution is -2.51. The quantitative estimate of drug-likeness (QED) is 0.552. The molecule has 0 spiro atoms. The van der Waals surface area contributed by atoms with Gasteiger partial charge in [0.05, 0.1) is 0 Å². The SMILES string of the molecule is CN=C(NCCc1cccc(C(=O)N(C)C)c1)NC1CCCN(c2cccc(F)c2)C1. The van der Waals surface area contributed by atoms with Crippen molar-refractivity contribution < 1.29 is 9.18 Å². The zero-order valence-electron chi connectivity index (χ0n) is 18.6. The van der Waals surface area contributed by atoms with Crippen LogP contribution in [-0.4, -0.2) is 63.6 Å². The molecule has 0 aliphatic carbocycles. The molecule has 6 nitrogen and oxygen atoms in total. The number of nitrogens with one attached hydrogen (secondary N) is 2. The second-order valence-corrected chi connectivity index (χ2v) is 8.06. The molecule has 7 heteroatoms. The van der Waals surface area contributed by atoms with E-state index in [1.54, 1.807) is 38.2 Å². The molecule has 0 radical (unpaired) electrons. The van der Waals surface area contributed by atoms with E-state index in [4.69, 9.17) is 0 Å². The van der Waals surface area contributed by atoms with E-state index in [2.05, 4.69) is 20.5 Å². The minimum atomic E-state index is -0.207. The van der Waals surface area contributed by atoms with Gasteiger partial charge in [-0.25, -0.2) is 4.39 Å². The molecular weight excluding hydrogens is 393 g/mol. The second kappa shape index (κ2) is 10.8. The van der Waals surface area contributed by atoms with Crippen LogP contribution < -0.4 is 15.5 Å². The molecule has 1 unspecified atom stereocenters. The Hall–Kier alpha value is -3.09. The van der Waals surface area contributed by atoms with E-state index in [-0.39, 0.29) is 17.8 Å². The molecule has 0 aromatic heterocycles. The molecule has 0 bridgehead atoms. The molecule has 1 atom stereocenters. The number of rotatable bonds is 6. The van der Waals surface area contributed by atoms with Gasteiger partial charge in [0.1, 0.15) is 5.82 Å². The van der Waals surface area contributed by atoms with E-state index < -0.39 is 0 Å². The Morgan fingerprint density at radius 3 is 2.77 bits per heavy atom. The number of carbonyl (C=O) groups excluding carboxylic acids is 1. The van der Waals surface area contributed by atoms with E-state index in [1.807, 2.05) is 30.3 Å². The highest BCUT2D eigenvalue weighted by Gasteiger charge is 2.21. The molecule has 2 aromatic rings. The molecule has 1 heterocycles. The predicted molar refractivity (Wildman–Crippen MR) is 124 cm³/mol. The zero-order chi connectivity index (χ0) is 22.2. The molecule has 166 valence electrons. The number of piperidine rings is 1. The van der Waals surface area contributed by atoms with Crippen LogP contribution in [0.25, 0.3) is 0 Å². The van der Waals surface area contributed by atoms with Crippen LogP contribution in [0.3, 0.4) is 0 Å². The highest BCUT2D eigenvalue weighted by Crippen LogP contribution is 2.20. The van der Waals surface area contributed by atoms with Crippen LogP contribution in [0.2, 0.25) is 0 Å². The third-order valence-electron chi connectivity index (χ3n) is 5.45. The van der Waals surface area contributed by atoms with E-state index in [9.17, 15) is 9.18 Å². The fourth-order valence-corrected chi connectivity index (χ4v) is 3.83. The molecule has 1 aliphatic heterocycles. The van der Waals surface area contributed by atoms with E-state index in [0.29, 0.717) is 12.1 Å². The maximum Gasteiger partial charge on any atom is 0.253 e. The van der Waals surface area contributed by atoms with Crippen molar-refractivity contribution in [1.29, 1.82) is 0 Å². The molecule has 1 amide bonds. The van der Waals surface area contributed by atoms with Crippen LogP contribution in [-0.2, 0) is 6.42 Å². The summed E-state index contributed by atoms with van der Waals surface area (Å²) >= 11 is 0. The fraction of sp³-hybridized carbons (Fsp3) is 0.417. The van der Waals surface area contributed by atoms with Crippen molar-refractivity contribution in [2.75, 3.05) is 45.7 Å². The van der Waals surface area contributed by atoms with E-state index >= 15 is 0 Å². The summed E-state index contributed by atoms with van der Waals surface area (Å²) in [6.07, 6.45) is 2.87. The van der Waals surface area contributed by atoms with Crippen LogP contribution in [0.4, 0.5) is 10.1 Å². The summed E-state index contributed by atoms with van der Waals surface area (Å²) in [5, 5.41) is 6.86. The number of nitrogens with zero attached hydrogens (tertiary/aromatic N) is 3. The molecule has 1 saturated heterocycles. The summed E-state index contributed by atoms with van der Waals surface area (Å²) in [7, 11) is 5.28. The lowest BCUT2D eigenvalue weighted by atomic mass is 10.0. The molecule has 2 aromatic carbocycles. The highest BCUT2D eigenvalue weighted by atomic mass is 19.1. The van der Waals surface area contributed by atoms with Gasteiger partial charge >= 0.3 is 0 Å². The largest absolute Gasteiger partial charge is 0.369 e. The lowest BCUT2D eigenvalue weighted by Gasteiger charge is -2.35. The summed E-state index contributed by atoms with van der Waals surface area (Å²) in [6.45, 7) is 2.44. The van der Waals surface area contributed by atoms with Crippen molar-refractivity contribution >= 4 is 17.6 Å². The molecule has 1 aliphatic rings. The minimum absolute atomic E-state index is 0.00688. The first-order valence-corrected chi connectivity index (χ1v) is 10.7. The van der Waals surface area contributed by atoms with Crippen molar-refractivity contribution in [3.8, 4) is 0 Å². The number of hydrogen-bond acceptors (Lipinski definition) is 3. The topological polar surface area (TPSA) is 60.0 Å². The standard InChI is InChI=1S/C24H32FN5O/c1-26-24(27-13-12-18-7-4-8-19(15-18)23(31)29(2)3)28-21-10-6-14-30(17-21)22-11-5-9-20(25)16-22/h4-5,7-9,11,15-16,21H,6,10,12-14,17H2,1-3H3,(H2,26,27,28). The van der Waals surface area contributed by atoms with Crippen LogP contribution >= 0.6 is 0 Å². The third kappa shape index (κ3) is 6.44. The number of benzene rings is 2. The van der Waals surface area contributed by atoms with Crippen molar-refractivity contribution in [1.82, 2.24) is 15.5 Å². The van der Waals surface area contributed by atoms with Crippen molar-refractivity contribution in [2.45, 2.75) is 25.3 Å². The maximum absolute atomic E-state index is 13.6. The summed E-state index contributed by atoms with van der Waals surface area (Å²) in [5.41, 5.74) is 2.72. The number of guanidine groups is 1. The summed E-state index contributed by atoms with van der Waals surface area (Å²) < 4.78 is 13.6. The molecular formula is C24H32FN5O. The lowest BCUT2D eigenvalue weighted by molar-refractivity contribution is 0.0827. The molecule has 2 N–H and O–H groups in total. The van der Waals surface area contributed by atoms with Crippen molar-refractivity contribution in [3.05, 3.63) is 65.5 Å². The average molecular weight is 426 g/mol. The Morgan fingerprint density at radius 1 is 1.23 bits per heavy atom. The van der Waals surface area contributed by atoms with Gasteiger partial charge in [-0.3, -0.25) is 9.79 Å². The Labute approximate surface area is 184 Å². The Balaban J connectivity index is 1.51. The monoisotopic (exact) mass is 425 g/mol. The fourth-order valence-electron chi connectivity index (χ4n) is 3.83. The molecule has 1 fully saturated rings. The summed E-state index contributed by atoms with van der Waals surface area (Å²) in [4.78, 5) is 20.3. The maximum atomic E-state index is 13.6. The highest BCUT2D eigenvalue weighted by molar-refractivity contribution is 5.94. The first-order valence-electron chi connectivity index (χ1n) is 10.7.